The molecule has 1 aromatic carbocycles. The van der Waals surface area contributed by atoms with E-state index in [9.17, 15) is 4.79 Å². The molecule has 0 radical (unpaired) electrons. The molecule has 2 N–H and O–H groups in total. The second kappa shape index (κ2) is 8.89. The Hall–Kier alpha value is -1.03. The van der Waals surface area contributed by atoms with Crippen molar-refractivity contribution < 1.29 is 4.79 Å². The molecular weight excluding hydrogens is 343 g/mol. The van der Waals surface area contributed by atoms with Crippen LogP contribution in [0.1, 0.15) is 44.1 Å². The van der Waals surface area contributed by atoms with Gasteiger partial charge in [0, 0.05) is 18.1 Å². The number of hydrogen-bond acceptors (Lipinski definition) is 2. The number of halogens is 2. The molecule has 0 unspecified atom stereocenters. The largest absolute Gasteiger partial charge is 0.352 e. The Morgan fingerprint density at radius 1 is 1.17 bits per heavy atom. The highest BCUT2D eigenvalue weighted by molar-refractivity contribution is 6.30. The second-order valence-corrected chi connectivity index (χ2v) is 7.09. The Morgan fingerprint density at radius 2 is 1.88 bits per heavy atom. The first-order chi connectivity index (χ1) is 11.2. The maximum atomic E-state index is 13.1. The smallest absolute Gasteiger partial charge is 0.230 e. The Morgan fingerprint density at radius 3 is 2.50 bits per heavy atom. The third kappa shape index (κ3) is 4.33. The molecule has 1 aliphatic carbocycles. The quantitative estimate of drug-likeness (QED) is 0.788. The fourth-order valence-corrected chi connectivity index (χ4v) is 3.89. The highest BCUT2D eigenvalue weighted by atomic mass is 35.5. The van der Waals surface area contributed by atoms with Gasteiger partial charge in [-0.1, -0.05) is 54.6 Å². The van der Waals surface area contributed by atoms with E-state index in [2.05, 4.69) is 16.7 Å². The van der Waals surface area contributed by atoms with Crippen molar-refractivity contribution in [3.63, 3.8) is 0 Å². The minimum Gasteiger partial charge on any atom is -0.352 e. The van der Waals surface area contributed by atoms with E-state index >= 15 is 0 Å². The molecule has 2 aliphatic rings. The van der Waals surface area contributed by atoms with Crippen molar-refractivity contribution in [2.75, 3.05) is 19.6 Å². The molecule has 132 valence electrons. The Bertz CT molecular complexity index is 578. The van der Waals surface area contributed by atoms with Gasteiger partial charge in [0.25, 0.3) is 0 Å². The van der Waals surface area contributed by atoms with Crippen LogP contribution in [0.4, 0.5) is 0 Å². The van der Waals surface area contributed by atoms with Crippen molar-refractivity contribution in [1.82, 2.24) is 10.6 Å². The summed E-state index contributed by atoms with van der Waals surface area (Å²) in [4.78, 5) is 13.1. The van der Waals surface area contributed by atoms with Gasteiger partial charge >= 0.3 is 0 Å². The van der Waals surface area contributed by atoms with Crippen molar-refractivity contribution in [2.45, 2.75) is 43.9 Å². The summed E-state index contributed by atoms with van der Waals surface area (Å²) in [5.41, 5.74) is 2.06. The lowest BCUT2D eigenvalue weighted by Crippen LogP contribution is -2.46. The topological polar surface area (TPSA) is 41.1 Å². The van der Waals surface area contributed by atoms with E-state index in [-0.39, 0.29) is 23.7 Å². The maximum Gasteiger partial charge on any atom is 0.230 e. The van der Waals surface area contributed by atoms with Gasteiger partial charge in [0.2, 0.25) is 5.91 Å². The SMILES string of the molecule is Cl.O=C(NCC1=CCNCC1)C1(c2ccc(Cl)cc2)CCCCC1. The average molecular weight is 369 g/mol. The molecule has 0 spiro atoms. The van der Waals surface area contributed by atoms with Crippen LogP contribution in [0, 0.1) is 0 Å². The Balaban J connectivity index is 0.00000208. The number of hydrogen-bond donors (Lipinski definition) is 2. The lowest BCUT2D eigenvalue weighted by Gasteiger charge is -2.36. The van der Waals surface area contributed by atoms with Crippen molar-refractivity contribution in [3.8, 4) is 0 Å². The lowest BCUT2D eigenvalue weighted by atomic mass is 9.68. The minimum absolute atomic E-state index is 0. The molecule has 1 aromatic rings. The molecule has 1 heterocycles. The summed E-state index contributed by atoms with van der Waals surface area (Å²) < 4.78 is 0. The number of amides is 1. The van der Waals surface area contributed by atoms with Crippen molar-refractivity contribution in [1.29, 1.82) is 0 Å². The van der Waals surface area contributed by atoms with Gasteiger partial charge < -0.3 is 10.6 Å². The van der Waals surface area contributed by atoms with E-state index in [0.29, 0.717) is 6.54 Å². The number of benzene rings is 1. The third-order valence-electron chi connectivity index (χ3n) is 5.17. The van der Waals surface area contributed by atoms with E-state index in [1.807, 2.05) is 24.3 Å². The van der Waals surface area contributed by atoms with Crippen LogP contribution in [0.15, 0.2) is 35.9 Å². The summed E-state index contributed by atoms with van der Waals surface area (Å²) in [6, 6.07) is 7.85. The van der Waals surface area contributed by atoms with Gasteiger partial charge in [-0.15, -0.1) is 12.4 Å². The minimum atomic E-state index is -0.379. The zero-order valence-electron chi connectivity index (χ0n) is 13.9. The van der Waals surface area contributed by atoms with E-state index in [1.54, 1.807) is 0 Å². The predicted octanol–water partition coefficient (Wildman–Crippen LogP) is 4.00. The predicted molar refractivity (Wildman–Crippen MR) is 102 cm³/mol. The average Bonchev–Trinajstić information content (AvgIpc) is 2.61. The van der Waals surface area contributed by atoms with E-state index < -0.39 is 0 Å². The van der Waals surface area contributed by atoms with E-state index in [1.165, 1.54) is 12.0 Å². The van der Waals surface area contributed by atoms with Crippen molar-refractivity contribution in [3.05, 3.63) is 46.5 Å². The number of carbonyl (C=O) groups excluding carboxylic acids is 1. The molecule has 1 amide bonds. The van der Waals surface area contributed by atoms with Gasteiger partial charge in [0.05, 0.1) is 5.41 Å². The number of rotatable bonds is 4. The van der Waals surface area contributed by atoms with Gasteiger partial charge in [0.15, 0.2) is 0 Å². The van der Waals surface area contributed by atoms with Crippen molar-refractivity contribution in [2.24, 2.45) is 0 Å². The lowest BCUT2D eigenvalue weighted by molar-refractivity contribution is -0.127. The Labute approximate surface area is 155 Å². The summed E-state index contributed by atoms with van der Waals surface area (Å²) in [7, 11) is 0. The third-order valence-corrected chi connectivity index (χ3v) is 5.42. The van der Waals surface area contributed by atoms with Gasteiger partial charge in [-0.05, 0) is 43.5 Å². The van der Waals surface area contributed by atoms with Gasteiger partial charge in [-0.2, -0.15) is 0 Å². The molecule has 0 atom stereocenters. The molecule has 3 nitrogen and oxygen atoms in total. The standard InChI is InChI=1S/C19H25ClN2O.ClH/c20-17-6-4-16(5-7-17)19(10-2-1-3-11-19)18(23)22-14-15-8-12-21-13-9-15;/h4-8,21H,1-3,9-14H2,(H,22,23);1H. The van der Waals surface area contributed by atoms with E-state index in [0.717, 1.165) is 55.8 Å². The first kappa shape index (κ1) is 19.3. The van der Waals surface area contributed by atoms with Crippen LogP contribution < -0.4 is 10.6 Å². The first-order valence-corrected chi connectivity index (χ1v) is 9.01. The monoisotopic (exact) mass is 368 g/mol. The highest BCUT2D eigenvalue weighted by Crippen LogP contribution is 2.40. The van der Waals surface area contributed by atoms with Crippen molar-refractivity contribution >= 4 is 29.9 Å². The van der Waals surface area contributed by atoms with Crippen LogP contribution in [-0.4, -0.2) is 25.5 Å². The van der Waals surface area contributed by atoms with Crippen LogP contribution in [0.2, 0.25) is 5.02 Å². The first-order valence-electron chi connectivity index (χ1n) is 8.64. The van der Waals surface area contributed by atoms with Crippen LogP contribution in [0.3, 0.4) is 0 Å². The second-order valence-electron chi connectivity index (χ2n) is 6.65. The van der Waals surface area contributed by atoms with E-state index in [4.69, 9.17) is 11.6 Å². The molecule has 1 saturated carbocycles. The van der Waals surface area contributed by atoms with Crippen LogP contribution in [-0.2, 0) is 10.2 Å². The normalized spacial score (nSPS) is 19.8. The molecule has 0 aromatic heterocycles. The summed E-state index contributed by atoms with van der Waals surface area (Å²) in [5.74, 6) is 0.180. The molecule has 1 fully saturated rings. The molecule has 0 bridgehead atoms. The summed E-state index contributed by atoms with van der Waals surface area (Å²) in [6.07, 6.45) is 8.53. The molecule has 1 aliphatic heterocycles. The maximum absolute atomic E-state index is 13.1. The number of nitrogens with one attached hydrogen (secondary N) is 2. The molecule has 5 heteroatoms. The zero-order chi connectivity index (χ0) is 16.1. The zero-order valence-corrected chi connectivity index (χ0v) is 15.5. The molecule has 24 heavy (non-hydrogen) atoms. The molecule has 3 rings (SSSR count). The van der Waals surface area contributed by atoms with Gasteiger partial charge in [0.1, 0.15) is 0 Å². The molecule has 0 saturated heterocycles. The summed E-state index contributed by atoms with van der Waals surface area (Å²) in [5, 5.41) is 7.23. The number of carbonyl (C=O) groups is 1. The summed E-state index contributed by atoms with van der Waals surface area (Å²) >= 11 is 6.02. The Kier molecular flexibility index (Phi) is 7.15. The van der Waals surface area contributed by atoms with Gasteiger partial charge in [-0.3, -0.25) is 4.79 Å². The summed E-state index contributed by atoms with van der Waals surface area (Å²) in [6.45, 7) is 2.59. The fraction of sp³-hybridized carbons (Fsp3) is 0.526. The highest BCUT2D eigenvalue weighted by Gasteiger charge is 2.40. The fourth-order valence-electron chi connectivity index (χ4n) is 3.76. The van der Waals surface area contributed by atoms with Gasteiger partial charge in [-0.25, -0.2) is 0 Å². The van der Waals surface area contributed by atoms with Crippen LogP contribution in [0.25, 0.3) is 0 Å². The van der Waals surface area contributed by atoms with Crippen LogP contribution in [0.5, 0.6) is 0 Å². The molecular formula is C19H26Cl2N2O. The van der Waals surface area contributed by atoms with Crippen LogP contribution >= 0.6 is 24.0 Å².